The second kappa shape index (κ2) is 5.78. The first-order chi connectivity index (χ1) is 8.72. The minimum Gasteiger partial charge on any atom is -0.385 e. The molecule has 4 heteroatoms. The van der Waals surface area contributed by atoms with Crippen LogP contribution in [0.25, 0.3) is 0 Å². The van der Waals surface area contributed by atoms with Crippen LogP contribution in [0.5, 0.6) is 0 Å². The van der Waals surface area contributed by atoms with E-state index in [1.165, 1.54) is 0 Å². The molecule has 4 nitrogen and oxygen atoms in total. The first-order valence-electron chi connectivity index (χ1n) is 6.29. The van der Waals surface area contributed by atoms with Crippen LogP contribution in [0.15, 0.2) is 34.9 Å². The fourth-order valence-corrected chi connectivity index (χ4v) is 1.85. The molecule has 1 heterocycles. The fraction of sp³-hybridized carbons (Fsp3) is 0.429. The van der Waals surface area contributed by atoms with Crippen molar-refractivity contribution in [3.8, 4) is 0 Å². The van der Waals surface area contributed by atoms with Gasteiger partial charge in [-0.15, -0.1) is 0 Å². The number of hydrogen-bond donors (Lipinski definition) is 1. The highest BCUT2D eigenvalue weighted by Crippen LogP contribution is 2.24. The first-order valence-corrected chi connectivity index (χ1v) is 6.29. The van der Waals surface area contributed by atoms with Gasteiger partial charge in [0.05, 0.1) is 5.92 Å². The van der Waals surface area contributed by atoms with Crippen molar-refractivity contribution in [2.75, 3.05) is 0 Å². The molecular formula is C14H18N2O2. The number of benzene rings is 1. The Kier molecular flexibility index (Phi) is 4.10. The molecule has 0 saturated carbocycles. The van der Waals surface area contributed by atoms with Crippen LogP contribution in [-0.2, 0) is 0 Å². The van der Waals surface area contributed by atoms with Crippen LogP contribution >= 0.6 is 0 Å². The fourth-order valence-electron chi connectivity index (χ4n) is 1.85. The zero-order chi connectivity index (χ0) is 13.0. The summed E-state index contributed by atoms with van der Waals surface area (Å²) in [5, 5.41) is 13.6. The molecule has 2 rings (SSSR count). The number of aromatic nitrogens is 2. The zero-order valence-electron chi connectivity index (χ0n) is 10.7. The number of aliphatic hydroxyl groups excluding tert-OH is 1. The lowest BCUT2D eigenvalue weighted by Gasteiger charge is -2.06. The van der Waals surface area contributed by atoms with Crippen molar-refractivity contribution in [3.63, 3.8) is 0 Å². The smallest absolute Gasteiger partial charge is 0.234 e. The molecule has 0 fully saturated rings. The van der Waals surface area contributed by atoms with Crippen LogP contribution in [0.4, 0.5) is 0 Å². The van der Waals surface area contributed by atoms with Gasteiger partial charge >= 0.3 is 0 Å². The molecule has 18 heavy (non-hydrogen) atoms. The number of rotatable bonds is 5. The lowest BCUT2D eigenvalue weighted by molar-refractivity contribution is 0.152. The quantitative estimate of drug-likeness (QED) is 0.880. The third-order valence-corrected chi connectivity index (χ3v) is 2.99. The van der Waals surface area contributed by atoms with Gasteiger partial charge in [-0.05, 0) is 18.9 Å². The van der Waals surface area contributed by atoms with Crippen LogP contribution in [0, 0.1) is 0 Å². The summed E-state index contributed by atoms with van der Waals surface area (Å²) in [6, 6.07) is 9.98. The largest absolute Gasteiger partial charge is 0.385 e. The Morgan fingerprint density at radius 3 is 2.67 bits per heavy atom. The topological polar surface area (TPSA) is 59.2 Å². The lowest BCUT2D eigenvalue weighted by atomic mass is 10.0. The van der Waals surface area contributed by atoms with Crippen LogP contribution in [0.2, 0.25) is 0 Å². The van der Waals surface area contributed by atoms with Crippen LogP contribution < -0.4 is 0 Å². The maximum absolute atomic E-state index is 9.80. The van der Waals surface area contributed by atoms with Gasteiger partial charge in [0.2, 0.25) is 5.89 Å². The van der Waals surface area contributed by atoms with Crippen molar-refractivity contribution in [1.29, 1.82) is 0 Å². The highest BCUT2D eigenvalue weighted by Gasteiger charge is 2.19. The molecule has 2 aromatic rings. The van der Waals surface area contributed by atoms with Crippen molar-refractivity contribution >= 4 is 0 Å². The average molecular weight is 246 g/mol. The highest BCUT2D eigenvalue weighted by molar-refractivity contribution is 5.23. The number of hydrogen-bond acceptors (Lipinski definition) is 4. The highest BCUT2D eigenvalue weighted by atomic mass is 16.5. The maximum Gasteiger partial charge on any atom is 0.234 e. The van der Waals surface area contributed by atoms with Gasteiger partial charge in [0, 0.05) is 0 Å². The van der Waals surface area contributed by atoms with E-state index in [0.29, 0.717) is 18.1 Å². The second-order valence-corrected chi connectivity index (χ2v) is 4.43. The third kappa shape index (κ3) is 2.76. The Hall–Kier alpha value is -1.68. The predicted octanol–water partition coefficient (Wildman–Crippen LogP) is 3.05. The predicted molar refractivity (Wildman–Crippen MR) is 68.1 cm³/mol. The molecule has 0 saturated heterocycles. The molecule has 1 aromatic carbocycles. The van der Waals surface area contributed by atoms with Crippen LogP contribution in [0.3, 0.4) is 0 Å². The Morgan fingerprint density at radius 2 is 2.00 bits per heavy atom. The number of aliphatic hydroxyl groups is 1. The molecular weight excluding hydrogens is 228 g/mol. The summed E-state index contributed by atoms with van der Waals surface area (Å²) < 4.78 is 5.23. The lowest BCUT2D eigenvalue weighted by Crippen LogP contribution is -2.01. The summed E-state index contributed by atoms with van der Waals surface area (Å²) in [5.74, 6) is 0.974. The molecule has 0 radical (unpaired) electrons. The van der Waals surface area contributed by atoms with E-state index >= 15 is 0 Å². The van der Waals surface area contributed by atoms with Crippen molar-refractivity contribution < 1.29 is 9.63 Å². The molecule has 2 unspecified atom stereocenters. The Balaban J connectivity index is 2.15. The number of nitrogens with zero attached hydrogens (tertiary/aromatic N) is 2. The van der Waals surface area contributed by atoms with E-state index in [1.807, 2.05) is 44.2 Å². The monoisotopic (exact) mass is 246 g/mol. The normalized spacial score (nSPS) is 14.4. The Bertz CT molecular complexity index is 482. The standard InChI is InChI=1S/C14H18N2O2/c1-3-7-12(17)13-15-14(18-16-13)10(2)11-8-5-4-6-9-11/h4-6,8-10,12,17H,3,7H2,1-2H3. The van der Waals surface area contributed by atoms with Gasteiger partial charge in [0.25, 0.3) is 0 Å². The van der Waals surface area contributed by atoms with Crippen molar-refractivity contribution in [3.05, 3.63) is 47.6 Å². The van der Waals surface area contributed by atoms with Crippen LogP contribution in [0.1, 0.15) is 56.0 Å². The van der Waals surface area contributed by atoms with Gasteiger partial charge in [-0.25, -0.2) is 0 Å². The summed E-state index contributed by atoms with van der Waals surface area (Å²) in [5.41, 5.74) is 1.12. The Labute approximate surface area is 107 Å². The van der Waals surface area contributed by atoms with Gasteiger partial charge < -0.3 is 9.63 Å². The maximum atomic E-state index is 9.80. The molecule has 1 N–H and O–H groups in total. The summed E-state index contributed by atoms with van der Waals surface area (Å²) in [6.07, 6.45) is 0.910. The van der Waals surface area contributed by atoms with Crippen molar-refractivity contribution in [2.45, 2.75) is 38.7 Å². The Morgan fingerprint density at radius 1 is 1.28 bits per heavy atom. The molecule has 0 amide bonds. The van der Waals surface area contributed by atoms with Crippen LogP contribution in [-0.4, -0.2) is 15.2 Å². The molecule has 0 bridgehead atoms. The van der Waals surface area contributed by atoms with E-state index in [9.17, 15) is 5.11 Å². The van der Waals surface area contributed by atoms with Gasteiger partial charge in [0.15, 0.2) is 5.82 Å². The van der Waals surface area contributed by atoms with Crippen molar-refractivity contribution in [1.82, 2.24) is 10.1 Å². The summed E-state index contributed by atoms with van der Waals surface area (Å²) in [7, 11) is 0. The second-order valence-electron chi connectivity index (χ2n) is 4.43. The molecule has 1 aromatic heterocycles. The van der Waals surface area contributed by atoms with E-state index in [4.69, 9.17) is 4.52 Å². The SMILES string of the molecule is CCCC(O)c1noc(C(C)c2ccccc2)n1. The van der Waals surface area contributed by atoms with E-state index in [2.05, 4.69) is 10.1 Å². The minimum atomic E-state index is -0.629. The summed E-state index contributed by atoms with van der Waals surface area (Å²) in [6.45, 7) is 4.02. The van der Waals surface area contributed by atoms with Gasteiger partial charge in [-0.2, -0.15) is 4.98 Å². The van der Waals surface area contributed by atoms with E-state index in [-0.39, 0.29) is 5.92 Å². The van der Waals surface area contributed by atoms with Crippen molar-refractivity contribution in [2.24, 2.45) is 0 Å². The minimum absolute atomic E-state index is 0.0428. The zero-order valence-corrected chi connectivity index (χ0v) is 10.7. The third-order valence-electron chi connectivity index (χ3n) is 2.99. The summed E-state index contributed by atoms with van der Waals surface area (Å²) >= 11 is 0. The van der Waals surface area contributed by atoms with E-state index in [0.717, 1.165) is 12.0 Å². The van der Waals surface area contributed by atoms with E-state index < -0.39 is 6.10 Å². The van der Waals surface area contributed by atoms with Gasteiger partial charge in [-0.3, -0.25) is 0 Å². The van der Waals surface area contributed by atoms with Gasteiger partial charge in [-0.1, -0.05) is 48.8 Å². The first kappa shape index (κ1) is 12.8. The molecule has 0 spiro atoms. The molecule has 2 atom stereocenters. The van der Waals surface area contributed by atoms with E-state index in [1.54, 1.807) is 0 Å². The molecule has 0 aliphatic heterocycles. The molecule has 96 valence electrons. The summed E-state index contributed by atoms with van der Waals surface area (Å²) in [4.78, 5) is 4.28. The molecule has 0 aliphatic carbocycles. The van der Waals surface area contributed by atoms with Gasteiger partial charge in [0.1, 0.15) is 6.10 Å². The molecule has 0 aliphatic rings. The average Bonchev–Trinajstić information content (AvgIpc) is 2.89.